The van der Waals surface area contributed by atoms with Crippen LogP contribution in [-0.2, 0) is 4.79 Å². The van der Waals surface area contributed by atoms with E-state index in [1.165, 1.54) is 0 Å². The molecule has 2 amide bonds. The van der Waals surface area contributed by atoms with E-state index in [0.29, 0.717) is 15.5 Å². The summed E-state index contributed by atoms with van der Waals surface area (Å²) in [5, 5.41) is 1.59. The van der Waals surface area contributed by atoms with Gasteiger partial charge in [-0.15, -0.1) is 0 Å². The average Bonchev–Trinajstić information content (AvgIpc) is 2.84. The van der Waals surface area contributed by atoms with Crippen molar-refractivity contribution in [2.45, 2.75) is 0 Å². The number of benzene rings is 1. The Morgan fingerprint density at radius 3 is 2.71 bits per heavy atom. The Bertz CT molecular complexity index is 838. The molecule has 1 aromatic heterocycles. The summed E-state index contributed by atoms with van der Waals surface area (Å²) in [5.41, 5.74) is 3.67. The standard InChI is InChI=1S/C16H10ClN3O2S2/c17-12-5-3-11(4-6-12)14(21)19-20-15(22)13(24-16(20)23)8-10-2-1-7-18-9-10/h1-9H,(H,19,21)/b13-8+. The van der Waals surface area contributed by atoms with Crippen molar-refractivity contribution in [2.75, 3.05) is 0 Å². The van der Waals surface area contributed by atoms with Crippen LogP contribution < -0.4 is 5.43 Å². The Labute approximate surface area is 152 Å². The molecule has 5 nitrogen and oxygen atoms in total. The lowest BCUT2D eigenvalue weighted by atomic mass is 10.2. The topological polar surface area (TPSA) is 62.3 Å². The quantitative estimate of drug-likeness (QED) is 0.659. The van der Waals surface area contributed by atoms with Gasteiger partial charge in [0.2, 0.25) is 0 Å². The molecule has 1 N–H and O–H groups in total. The van der Waals surface area contributed by atoms with Gasteiger partial charge in [0.1, 0.15) is 0 Å². The van der Waals surface area contributed by atoms with Crippen LogP contribution in [0, 0.1) is 0 Å². The normalized spacial score (nSPS) is 15.9. The molecule has 0 atom stereocenters. The zero-order valence-electron chi connectivity index (χ0n) is 12.1. The van der Waals surface area contributed by atoms with Gasteiger partial charge in [0.15, 0.2) is 4.32 Å². The van der Waals surface area contributed by atoms with Crippen LogP contribution in [0.15, 0.2) is 53.7 Å². The maximum Gasteiger partial charge on any atom is 0.285 e. The van der Waals surface area contributed by atoms with Crippen LogP contribution in [0.25, 0.3) is 6.08 Å². The molecule has 1 saturated heterocycles. The summed E-state index contributed by atoms with van der Waals surface area (Å²) in [4.78, 5) is 29.1. The van der Waals surface area contributed by atoms with Crippen LogP contribution in [0.3, 0.4) is 0 Å². The first kappa shape index (κ1) is 16.6. The highest BCUT2D eigenvalue weighted by Gasteiger charge is 2.33. The maximum atomic E-state index is 12.4. The van der Waals surface area contributed by atoms with Crippen molar-refractivity contribution < 1.29 is 9.59 Å². The van der Waals surface area contributed by atoms with Crippen molar-refractivity contribution in [3.8, 4) is 0 Å². The van der Waals surface area contributed by atoms with Crippen molar-refractivity contribution >= 4 is 57.8 Å². The Hall–Kier alpha value is -2.22. The van der Waals surface area contributed by atoms with Gasteiger partial charge < -0.3 is 0 Å². The first-order chi connectivity index (χ1) is 11.5. The number of hydrazine groups is 1. The second-order valence-electron chi connectivity index (χ2n) is 4.75. The molecule has 0 bridgehead atoms. The van der Waals surface area contributed by atoms with Gasteiger partial charge in [0.25, 0.3) is 11.8 Å². The maximum absolute atomic E-state index is 12.4. The second-order valence-corrected chi connectivity index (χ2v) is 6.86. The highest BCUT2D eigenvalue weighted by molar-refractivity contribution is 8.26. The highest BCUT2D eigenvalue weighted by atomic mass is 35.5. The van der Waals surface area contributed by atoms with Crippen molar-refractivity contribution in [2.24, 2.45) is 0 Å². The van der Waals surface area contributed by atoms with E-state index in [1.807, 2.05) is 6.07 Å². The number of pyridine rings is 1. The number of nitrogens with one attached hydrogen (secondary N) is 1. The first-order valence-electron chi connectivity index (χ1n) is 6.79. The second kappa shape index (κ2) is 7.12. The molecule has 2 heterocycles. The van der Waals surface area contributed by atoms with Crippen LogP contribution in [-0.4, -0.2) is 26.1 Å². The molecule has 0 saturated carbocycles. The fourth-order valence-corrected chi connectivity index (χ4v) is 3.25. The molecule has 1 aliphatic heterocycles. The molecule has 3 rings (SSSR count). The number of amides is 2. The zero-order chi connectivity index (χ0) is 17.1. The molecule has 120 valence electrons. The summed E-state index contributed by atoms with van der Waals surface area (Å²) in [5.74, 6) is -0.818. The largest absolute Gasteiger partial charge is 0.285 e. The summed E-state index contributed by atoms with van der Waals surface area (Å²) < 4.78 is 0.262. The van der Waals surface area contributed by atoms with Gasteiger partial charge in [-0.25, -0.2) is 0 Å². The number of thioether (sulfide) groups is 1. The average molecular weight is 376 g/mol. The number of aromatic nitrogens is 1. The minimum absolute atomic E-state index is 0.262. The molecule has 0 aliphatic carbocycles. The Morgan fingerprint density at radius 1 is 1.29 bits per heavy atom. The minimum atomic E-state index is -0.439. The van der Waals surface area contributed by atoms with Gasteiger partial charge in [-0.05, 0) is 54.2 Å². The molecule has 1 aliphatic rings. The van der Waals surface area contributed by atoms with Gasteiger partial charge in [0, 0.05) is 23.0 Å². The third-order valence-electron chi connectivity index (χ3n) is 3.10. The van der Waals surface area contributed by atoms with Gasteiger partial charge in [0.05, 0.1) is 4.91 Å². The number of hydrogen-bond acceptors (Lipinski definition) is 5. The number of nitrogens with zero attached hydrogens (tertiary/aromatic N) is 2. The van der Waals surface area contributed by atoms with E-state index < -0.39 is 5.91 Å². The fourth-order valence-electron chi connectivity index (χ4n) is 1.94. The van der Waals surface area contributed by atoms with E-state index >= 15 is 0 Å². The third kappa shape index (κ3) is 3.64. The summed E-state index contributed by atoms with van der Waals surface area (Å²) >= 11 is 12.1. The van der Waals surface area contributed by atoms with E-state index in [9.17, 15) is 9.59 Å². The monoisotopic (exact) mass is 375 g/mol. The lowest BCUT2D eigenvalue weighted by molar-refractivity contribution is -0.123. The van der Waals surface area contributed by atoms with Crippen LogP contribution in [0.2, 0.25) is 5.02 Å². The third-order valence-corrected chi connectivity index (χ3v) is 4.65. The van der Waals surface area contributed by atoms with E-state index in [4.69, 9.17) is 23.8 Å². The summed E-state index contributed by atoms with van der Waals surface area (Å²) in [6.07, 6.45) is 4.97. The van der Waals surface area contributed by atoms with Gasteiger partial charge >= 0.3 is 0 Å². The predicted molar refractivity (Wildman–Crippen MR) is 98.2 cm³/mol. The molecule has 0 unspecified atom stereocenters. The van der Waals surface area contributed by atoms with E-state index in [2.05, 4.69) is 10.4 Å². The number of halogens is 1. The van der Waals surface area contributed by atoms with Crippen molar-refractivity contribution in [3.05, 3.63) is 69.8 Å². The van der Waals surface area contributed by atoms with Gasteiger partial charge in [-0.2, -0.15) is 5.01 Å². The minimum Gasteiger partial charge on any atom is -0.267 e. The van der Waals surface area contributed by atoms with Crippen LogP contribution in [0.5, 0.6) is 0 Å². The summed E-state index contributed by atoms with van der Waals surface area (Å²) in [6, 6.07) is 9.94. The number of carbonyl (C=O) groups is 2. The van der Waals surface area contributed by atoms with Crippen molar-refractivity contribution in [1.82, 2.24) is 15.4 Å². The summed E-state index contributed by atoms with van der Waals surface area (Å²) in [7, 11) is 0. The van der Waals surface area contributed by atoms with Gasteiger partial charge in [-0.1, -0.05) is 29.4 Å². The number of hydrogen-bond donors (Lipinski definition) is 1. The van der Waals surface area contributed by atoms with Crippen LogP contribution in [0.1, 0.15) is 15.9 Å². The first-order valence-corrected chi connectivity index (χ1v) is 8.39. The van der Waals surface area contributed by atoms with Crippen molar-refractivity contribution in [3.63, 3.8) is 0 Å². The highest BCUT2D eigenvalue weighted by Crippen LogP contribution is 2.31. The van der Waals surface area contributed by atoms with Gasteiger partial charge in [-0.3, -0.25) is 20.0 Å². The SMILES string of the molecule is O=C(NN1C(=O)/C(=C\c2cccnc2)SC1=S)c1ccc(Cl)cc1. The number of carbonyl (C=O) groups excluding carboxylic acids is 2. The molecular weight excluding hydrogens is 366 g/mol. The molecule has 8 heteroatoms. The fraction of sp³-hybridized carbons (Fsp3) is 0. The lowest BCUT2D eigenvalue weighted by Crippen LogP contribution is -2.44. The Morgan fingerprint density at radius 2 is 2.04 bits per heavy atom. The molecule has 0 radical (unpaired) electrons. The van der Waals surface area contributed by atoms with E-state index in [1.54, 1.807) is 48.8 Å². The molecular formula is C16H10ClN3O2S2. The smallest absolute Gasteiger partial charge is 0.267 e. The molecule has 0 spiro atoms. The van der Waals surface area contributed by atoms with Crippen molar-refractivity contribution in [1.29, 1.82) is 0 Å². The lowest BCUT2D eigenvalue weighted by Gasteiger charge is -2.15. The molecule has 2 aromatic rings. The van der Waals surface area contributed by atoms with E-state index in [0.717, 1.165) is 22.3 Å². The number of thiocarbonyl (C=S) groups is 1. The van der Waals surface area contributed by atoms with Crippen LogP contribution >= 0.6 is 35.6 Å². The van der Waals surface area contributed by atoms with Crippen LogP contribution in [0.4, 0.5) is 0 Å². The Balaban J connectivity index is 1.76. The number of rotatable bonds is 3. The zero-order valence-corrected chi connectivity index (χ0v) is 14.5. The molecule has 1 aromatic carbocycles. The Kier molecular flexibility index (Phi) is 4.94. The predicted octanol–water partition coefficient (Wildman–Crippen LogP) is 3.28. The molecule has 1 fully saturated rings. The molecule has 24 heavy (non-hydrogen) atoms. The van der Waals surface area contributed by atoms with E-state index in [-0.39, 0.29) is 10.2 Å². The summed E-state index contributed by atoms with van der Waals surface area (Å²) in [6.45, 7) is 0.